The van der Waals surface area contributed by atoms with Crippen LogP contribution in [0, 0.1) is 0 Å². The number of nitrogens with zero attached hydrogens (tertiary/aromatic N) is 1. The average molecular weight is 370 g/mol. The molecule has 0 bridgehead atoms. The first-order valence-corrected chi connectivity index (χ1v) is 8.94. The van der Waals surface area contributed by atoms with Crippen molar-refractivity contribution in [2.45, 2.75) is 46.6 Å². The van der Waals surface area contributed by atoms with Crippen LogP contribution in [0.25, 0.3) is 0 Å². The second kappa shape index (κ2) is 12.7. The number of benzene rings is 1. The number of halogens is 1. The van der Waals surface area contributed by atoms with Crippen LogP contribution in [0.2, 0.25) is 0 Å². The molecule has 0 heterocycles. The Bertz CT molecular complexity index is 531. The van der Waals surface area contributed by atoms with Gasteiger partial charge in [-0.3, -0.25) is 9.59 Å². The van der Waals surface area contributed by atoms with Crippen molar-refractivity contribution in [1.29, 1.82) is 0 Å². The van der Waals surface area contributed by atoms with E-state index in [0.29, 0.717) is 17.7 Å². The van der Waals surface area contributed by atoms with E-state index in [4.69, 9.17) is 0 Å². The number of hydrogen-bond donors (Lipinski definition) is 2. The Kier molecular flexibility index (Phi) is 11.9. The molecule has 0 unspecified atom stereocenters. The molecule has 0 spiro atoms. The predicted molar refractivity (Wildman–Crippen MR) is 106 cm³/mol. The maximum Gasteiger partial charge on any atom is 0.253 e. The molecule has 5 nitrogen and oxygen atoms in total. The molecule has 0 aliphatic rings. The Morgan fingerprint density at radius 3 is 2.24 bits per heavy atom. The molecule has 1 atom stereocenters. The first kappa shape index (κ1) is 23.4. The fourth-order valence-electron chi connectivity index (χ4n) is 2.60. The first-order chi connectivity index (χ1) is 11.5. The van der Waals surface area contributed by atoms with Gasteiger partial charge in [0.05, 0.1) is 0 Å². The highest BCUT2D eigenvalue weighted by molar-refractivity contribution is 5.99. The third-order valence-electron chi connectivity index (χ3n) is 3.77. The summed E-state index contributed by atoms with van der Waals surface area (Å²) in [6.07, 6.45) is 1.85. The van der Waals surface area contributed by atoms with E-state index in [2.05, 4.69) is 24.5 Å². The monoisotopic (exact) mass is 369 g/mol. The molecule has 142 valence electrons. The second-order valence-electron chi connectivity index (χ2n) is 6.04. The Hall–Kier alpha value is -1.59. The van der Waals surface area contributed by atoms with Gasteiger partial charge in [-0.2, -0.15) is 0 Å². The van der Waals surface area contributed by atoms with Crippen molar-refractivity contribution in [1.82, 2.24) is 15.5 Å². The molecule has 25 heavy (non-hydrogen) atoms. The molecular weight excluding hydrogens is 338 g/mol. The number of carbonyl (C=O) groups is 2. The van der Waals surface area contributed by atoms with Crippen LogP contribution < -0.4 is 10.6 Å². The molecule has 0 fully saturated rings. The van der Waals surface area contributed by atoms with Crippen LogP contribution in [0.15, 0.2) is 24.3 Å². The zero-order valence-corrected chi connectivity index (χ0v) is 16.6. The number of hydrogen-bond acceptors (Lipinski definition) is 3. The fraction of sp³-hybridized carbons (Fsp3) is 0.579. The largest absolute Gasteiger partial charge is 0.350 e. The maximum absolute atomic E-state index is 12.6. The van der Waals surface area contributed by atoms with Crippen molar-refractivity contribution in [3.8, 4) is 0 Å². The van der Waals surface area contributed by atoms with Crippen LogP contribution in [0.3, 0.4) is 0 Å². The quantitative estimate of drug-likeness (QED) is 0.666. The van der Waals surface area contributed by atoms with E-state index in [0.717, 1.165) is 32.5 Å². The van der Waals surface area contributed by atoms with Gasteiger partial charge in [-0.1, -0.05) is 26.8 Å². The van der Waals surface area contributed by atoms with Gasteiger partial charge < -0.3 is 15.5 Å². The minimum Gasteiger partial charge on any atom is -0.350 e. The van der Waals surface area contributed by atoms with Crippen molar-refractivity contribution in [2.24, 2.45) is 0 Å². The molecule has 0 aromatic heterocycles. The van der Waals surface area contributed by atoms with E-state index in [-0.39, 0.29) is 30.3 Å². The van der Waals surface area contributed by atoms with Gasteiger partial charge in [0, 0.05) is 36.8 Å². The third kappa shape index (κ3) is 7.88. The van der Waals surface area contributed by atoms with Gasteiger partial charge in [0.2, 0.25) is 0 Å². The summed E-state index contributed by atoms with van der Waals surface area (Å²) < 4.78 is 0. The lowest BCUT2D eigenvalue weighted by molar-refractivity contribution is 0.0755. The van der Waals surface area contributed by atoms with E-state index in [9.17, 15) is 9.59 Å². The summed E-state index contributed by atoms with van der Waals surface area (Å²) >= 11 is 0. The number of carbonyl (C=O) groups excluding carboxylic acids is 2. The molecule has 1 aromatic carbocycles. The van der Waals surface area contributed by atoms with Gasteiger partial charge in [-0.05, 0) is 44.5 Å². The minimum absolute atomic E-state index is 0. The van der Waals surface area contributed by atoms with Crippen molar-refractivity contribution >= 4 is 24.2 Å². The second-order valence-corrected chi connectivity index (χ2v) is 6.04. The molecule has 0 saturated carbocycles. The number of amides is 2. The first-order valence-electron chi connectivity index (χ1n) is 8.94. The van der Waals surface area contributed by atoms with E-state index in [1.54, 1.807) is 24.3 Å². The molecule has 0 radical (unpaired) electrons. The van der Waals surface area contributed by atoms with Gasteiger partial charge in [0.25, 0.3) is 11.8 Å². The summed E-state index contributed by atoms with van der Waals surface area (Å²) in [5.41, 5.74) is 1.10. The lowest BCUT2D eigenvalue weighted by atomic mass is 10.1. The molecule has 0 saturated heterocycles. The van der Waals surface area contributed by atoms with Gasteiger partial charge >= 0.3 is 0 Å². The van der Waals surface area contributed by atoms with Crippen molar-refractivity contribution in [3.05, 3.63) is 35.4 Å². The molecule has 0 aliphatic heterocycles. The summed E-state index contributed by atoms with van der Waals surface area (Å²) in [6.45, 7) is 11.1. The Morgan fingerprint density at radius 2 is 1.68 bits per heavy atom. The zero-order chi connectivity index (χ0) is 17.9. The SMILES string of the molecule is CCCN(CCC)C(=O)c1cccc(C(=O)NC[C@@H](C)NCC)c1.Cl. The Morgan fingerprint density at radius 1 is 1.08 bits per heavy atom. The Balaban J connectivity index is 0.00000576. The van der Waals surface area contributed by atoms with Gasteiger partial charge in [-0.25, -0.2) is 0 Å². The molecule has 1 aromatic rings. The van der Waals surface area contributed by atoms with Crippen molar-refractivity contribution < 1.29 is 9.59 Å². The Labute approximate surface area is 158 Å². The third-order valence-corrected chi connectivity index (χ3v) is 3.77. The van der Waals surface area contributed by atoms with Crippen LogP contribution >= 0.6 is 12.4 Å². The van der Waals surface area contributed by atoms with Crippen LogP contribution in [0.5, 0.6) is 0 Å². The van der Waals surface area contributed by atoms with E-state index in [1.807, 2.05) is 18.7 Å². The number of rotatable bonds is 10. The lowest BCUT2D eigenvalue weighted by Crippen LogP contribution is -2.39. The van der Waals surface area contributed by atoms with Crippen LogP contribution in [0.4, 0.5) is 0 Å². The molecule has 6 heteroatoms. The summed E-state index contributed by atoms with van der Waals surface area (Å²) in [5, 5.41) is 6.15. The van der Waals surface area contributed by atoms with Crippen LogP contribution in [-0.4, -0.2) is 48.9 Å². The van der Waals surface area contributed by atoms with Gasteiger partial charge in [0.1, 0.15) is 0 Å². The summed E-state index contributed by atoms with van der Waals surface area (Å²) in [6, 6.07) is 7.19. The number of likely N-dealkylation sites (N-methyl/N-ethyl adjacent to an activating group) is 1. The number of nitrogens with one attached hydrogen (secondary N) is 2. The highest BCUT2D eigenvalue weighted by Gasteiger charge is 2.16. The maximum atomic E-state index is 12.6. The van der Waals surface area contributed by atoms with Gasteiger partial charge in [0.15, 0.2) is 0 Å². The van der Waals surface area contributed by atoms with Crippen LogP contribution in [-0.2, 0) is 0 Å². The topological polar surface area (TPSA) is 61.4 Å². The van der Waals surface area contributed by atoms with E-state index in [1.165, 1.54) is 0 Å². The van der Waals surface area contributed by atoms with E-state index < -0.39 is 0 Å². The van der Waals surface area contributed by atoms with Crippen LogP contribution in [0.1, 0.15) is 61.3 Å². The molecule has 1 rings (SSSR count). The summed E-state index contributed by atoms with van der Waals surface area (Å²) in [4.78, 5) is 26.8. The summed E-state index contributed by atoms with van der Waals surface area (Å²) in [7, 11) is 0. The fourth-order valence-corrected chi connectivity index (χ4v) is 2.60. The predicted octanol–water partition coefficient (Wildman–Crippen LogP) is 3.10. The highest BCUT2D eigenvalue weighted by atomic mass is 35.5. The normalized spacial score (nSPS) is 11.4. The smallest absolute Gasteiger partial charge is 0.253 e. The molecule has 2 N–H and O–H groups in total. The van der Waals surface area contributed by atoms with Crippen molar-refractivity contribution in [2.75, 3.05) is 26.2 Å². The van der Waals surface area contributed by atoms with E-state index >= 15 is 0 Å². The standard InChI is InChI=1S/C19H31N3O2.ClH/c1-5-11-22(12-6-2)19(24)17-10-8-9-16(13-17)18(23)21-14-15(4)20-7-3;/h8-10,13,15,20H,5-7,11-12,14H2,1-4H3,(H,21,23);1H/t15-;/m1./s1. The minimum atomic E-state index is -0.146. The molecule has 0 aliphatic carbocycles. The summed E-state index contributed by atoms with van der Waals surface area (Å²) in [5.74, 6) is -0.152. The van der Waals surface area contributed by atoms with Crippen molar-refractivity contribution in [3.63, 3.8) is 0 Å². The lowest BCUT2D eigenvalue weighted by Gasteiger charge is -2.21. The highest BCUT2D eigenvalue weighted by Crippen LogP contribution is 2.10. The molecular formula is C19H32ClN3O2. The average Bonchev–Trinajstić information content (AvgIpc) is 2.59. The zero-order valence-electron chi connectivity index (χ0n) is 15.8. The van der Waals surface area contributed by atoms with Gasteiger partial charge in [-0.15, -0.1) is 12.4 Å². The molecule has 2 amide bonds.